The second-order valence-corrected chi connectivity index (χ2v) is 18.3. The fourth-order valence-electron chi connectivity index (χ4n) is 8.50. The number of nitrogens with two attached hydrogens (primary N) is 1. The number of fused-ring (bicyclic) bond motifs is 6. The third-order valence-electron chi connectivity index (χ3n) is 13.7. The van der Waals surface area contributed by atoms with Crippen molar-refractivity contribution >= 4 is 70.6 Å². The second kappa shape index (κ2) is 42.4. The van der Waals surface area contributed by atoms with Gasteiger partial charge in [0, 0.05) is 93.0 Å². The molecule has 0 fully saturated rings. The molecule has 6 aromatic heterocycles. The van der Waals surface area contributed by atoms with Crippen LogP contribution < -0.4 is 5.73 Å². The molecule has 0 saturated carbocycles. The first kappa shape index (κ1) is 76.6. The first-order valence-electron chi connectivity index (χ1n) is 30.3. The number of pyridine rings is 6. The van der Waals surface area contributed by atoms with Crippen LogP contribution in [0.5, 0.6) is 0 Å². The lowest BCUT2D eigenvalue weighted by Gasteiger charge is -2.03. The Hall–Kier alpha value is -8.42. The molecular weight excluding hydrogens is 1030 g/mol. The molecule has 7 heteroatoms. The summed E-state index contributed by atoms with van der Waals surface area (Å²) in [6, 6.07) is 43.6. The lowest BCUT2D eigenvalue weighted by molar-refractivity contribution is 1.18. The molecule has 6 aromatic carbocycles. The van der Waals surface area contributed by atoms with Crippen LogP contribution in [-0.2, 0) is 0 Å². The highest BCUT2D eigenvalue weighted by atomic mass is 14.7. The van der Waals surface area contributed by atoms with Crippen LogP contribution in [0.4, 0.5) is 5.69 Å². The van der Waals surface area contributed by atoms with Crippen LogP contribution in [-0.4, -0.2) is 29.9 Å². The van der Waals surface area contributed by atoms with E-state index in [9.17, 15) is 0 Å². The first-order valence-corrected chi connectivity index (χ1v) is 30.3. The van der Waals surface area contributed by atoms with Crippen LogP contribution in [0.1, 0.15) is 152 Å². The van der Waals surface area contributed by atoms with E-state index in [1.54, 1.807) is 6.20 Å². The number of aromatic nitrogens is 6. The van der Waals surface area contributed by atoms with Gasteiger partial charge in [-0.1, -0.05) is 188 Å². The Morgan fingerprint density at radius 2 is 0.729 bits per heavy atom. The molecule has 0 aliphatic rings. The lowest BCUT2D eigenvalue weighted by atomic mass is 10.0. The van der Waals surface area contributed by atoms with Crippen LogP contribution in [0.3, 0.4) is 0 Å². The Kier molecular flexibility index (Phi) is 38.2. The fraction of sp³-hybridized carbons (Fsp3) is 0.308. The predicted molar refractivity (Wildman–Crippen MR) is 382 cm³/mol. The number of hydrogen-bond acceptors (Lipinski definition) is 7. The van der Waals surface area contributed by atoms with Crippen molar-refractivity contribution in [1.82, 2.24) is 29.9 Å². The van der Waals surface area contributed by atoms with Crippen molar-refractivity contribution in [3.8, 4) is 0 Å². The molecule has 0 spiro atoms. The maximum atomic E-state index is 5.79. The van der Waals surface area contributed by atoms with Gasteiger partial charge in [0.05, 0.1) is 22.9 Å². The summed E-state index contributed by atoms with van der Waals surface area (Å²) in [4.78, 5) is 25.2. The van der Waals surface area contributed by atoms with Gasteiger partial charge in [-0.3, -0.25) is 29.9 Å². The predicted octanol–water partition coefficient (Wildman–Crippen LogP) is 23.2. The molecule has 0 aliphatic carbocycles. The number of rotatable bonds is 0. The molecular formula is C78H105N7. The Balaban J connectivity index is 0.000000958. The van der Waals surface area contributed by atoms with Gasteiger partial charge in [-0.15, -0.1) is 0 Å². The van der Waals surface area contributed by atoms with Gasteiger partial charge in [-0.05, 0) is 178 Å². The van der Waals surface area contributed by atoms with Crippen molar-refractivity contribution < 1.29 is 0 Å². The molecule has 0 bridgehead atoms. The normalized spacial score (nSPS) is 9.31. The van der Waals surface area contributed by atoms with E-state index in [4.69, 9.17) is 5.73 Å². The summed E-state index contributed by atoms with van der Waals surface area (Å²) in [6.07, 6.45) is 16.7. The van der Waals surface area contributed by atoms with Gasteiger partial charge < -0.3 is 5.73 Å². The van der Waals surface area contributed by atoms with E-state index in [-0.39, 0.29) is 7.43 Å². The van der Waals surface area contributed by atoms with Crippen molar-refractivity contribution in [3.63, 3.8) is 0 Å². The zero-order valence-electron chi connectivity index (χ0n) is 55.6. The second-order valence-electron chi connectivity index (χ2n) is 18.3. The van der Waals surface area contributed by atoms with E-state index in [2.05, 4.69) is 184 Å². The number of para-hydroxylation sites is 1. The Labute approximate surface area is 514 Å². The molecule has 0 saturated heterocycles. The van der Waals surface area contributed by atoms with Gasteiger partial charge in [0.25, 0.3) is 0 Å². The minimum absolute atomic E-state index is 0. The van der Waals surface area contributed by atoms with Crippen molar-refractivity contribution in [2.75, 3.05) is 5.73 Å². The van der Waals surface area contributed by atoms with Crippen LogP contribution in [0.15, 0.2) is 183 Å². The monoisotopic (exact) mass is 1140 g/mol. The van der Waals surface area contributed by atoms with Crippen LogP contribution >= 0.6 is 0 Å². The number of aryl methyl sites for hydroxylation is 11. The third-order valence-corrected chi connectivity index (χ3v) is 13.7. The minimum atomic E-state index is 0. The molecule has 6 heterocycles. The molecule has 12 rings (SSSR count). The topological polar surface area (TPSA) is 103 Å². The Bertz CT molecular complexity index is 3290. The van der Waals surface area contributed by atoms with E-state index < -0.39 is 0 Å². The van der Waals surface area contributed by atoms with E-state index in [0.717, 1.165) is 33.2 Å². The van der Waals surface area contributed by atoms with Gasteiger partial charge in [0.15, 0.2) is 0 Å². The van der Waals surface area contributed by atoms with Gasteiger partial charge in [0.2, 0.25) is 0 Å². The molecule has 0 atom stereocenters. The summed E-state index contributed by atoms with van der Waals surface area (Å²) in [5, 5.41) is 12.3. The molecule has 0 amide bonds. The van der Waals surface area contributed by atoms with Gasteiger partial charge in [0.1, 0.15) is 0 Å². The number of anilines is 1. The van der Waals surface area contributed by atoms with Gasteiger partial charge in [-0.25, -0.2) is 0 Å². The number of nitrogen functional groups attached to an aromatic ring is 1. The highest BCUT2D eigenvalue weighted by molar-refractivity contribution is 5.94. The van der Waals surface area contributed by atoms with E-state index in [1.165, 1.54) is 98.7 Å². The van der Waals surface area contributed by atoms with E-state index >= 15 is 0 Å². The summed E-state index contributed by atoms with van der Waals surface area (Å²) in [6.45, 7) is 47.3. The quantitative estimate of drug-likeness (QED) is 0.161. The molecule has 85 heavy (non-hydrogen) atoms. The zero-order chi connectivity index (χ0) is 63.3. The van der Waals surface area contributed by atoms with Crippen molar-refractivity contribution in [2.45, 2.75) is 167 Å². The number of nitrogens with zero attached hydrogens (tertiary/aromatic N) is 6. The summed E-state index contributed by atoms with van der Waals surface area (Å²) in [5.41, 5.74) is 22.9. The van der Waals surface area contributed by atoms with E-state index in [1.807, 2.05) is 182 Å². The standard InChI is InChI=1S/5C11H11N.C10H10N2.6C2H6.CH4/c1-8-3-4-10-7-12-6-5-11(10)9(8)2;1-8-3-4-10-5-6-12-7-11(10)9(8)2;1-8-5-6-11-10(9(8)2)4-3-7-12-11;1-8-9(2)12-7-10-5-3-4-6-11(8)10;1-8-7-12-11-6-4-3-5-10(11)9(8)2;1-7-3-2-4-8-5-12-6-9(11)10(7)8;6*1-2;/h5*3-7H,1-2H3;2-6H,11H2,1H3;6*1-2H3;1H4. The molecule has 0 aliphatic heterocycles. The minimum Gasteiger partial charge on any atom is -0.397 e. The third kappa shape index (κ3) is 22.3. The maximum Gasteiger partial charge on any atom is 0.0704 e. The first-order chi connectivity index (χ1) is 40.7. The summed E-state index contributed by atoms with van der Waals surface area (Å²) in [7, 11) is 0. The summed E-state index contributed by atoms with van der Waals surface area (Å²) >= 11 is 0. The lowest BCUT2D eigenvalue weighted by Crippen LogP contribution is -1.90. The average molecular weight is 1140 g/mol. The van der Waals surface area contributed by atoms with Crippen molar-refractivity contribution in [2.24, 2.45) is 0 Å². The largest absolute Gasteiger partial charge is 0.397 e. The fourth-order valence-corrected chi connectivity index (χ4v) is 8.50. The molecule has 0 unspecified atom stereocenters. The Morgan fingerprint density at radius 3 is 1.36 bits per heavy atom. The Morgan fingerprint density at radius 1 is 0.271 bits per heavy atom. The van der Waals surface area contributed by atoms with Gasteiger partial charge in [-0.2, -0.15) is 0 Å². The van der Waals surface area contributed by atoms with Crippen LogP contribution in [0, 0.1) is 76.2 Å². The zero-order valence-corrected chi connectivity index (χ0v) is 55.6. The van der Waals surface area contributed by atoms with E-state index in [0.29, 0.717) is 0 Å². The van der Waals surface area contributed by atoms with Crippen molar-refractivity contribution in [1.29, 1.82) is 0 Å². The summed E-state index contributed by atoms with van der Waals surface area (Å²) < 4.78 is 0. The SMILES string of the molecule is C.CC.CC.CC.CC.CC.CC.Cc1ccc2ccncc2c1C.Cc1ccc2cnccc2c1C.Cc1ccc2ncccc2c1C.Cc1cccc2cncc(N)c12.Cc1cnc2ccccc2c1C.Cc1ncc2ccccc2c1C. The highest BCUT2D eigenvalue weighted by Crippen LogP contribution is 2.25. The number of hydrogen-bond donors (Lipinski definition) is 1. The maximum absolute atomic E-state index is 5.79. The molecule has 7 nitrogen and oxygen atoms in total. The molecule has 12 aromatic rings. The number of benzene rings is 6. The average Bonchev–Trinajstić information content (AvgIpc) is 3.76. The molecule has 0 radical (unpaired) electrons. The molecule has 452 valence electrons. The molecule has 2 N–H and O–H groups in total. The summed E-state index contributed by atoms with van der Waals surface area (Å²) in [5.74, 6) is 0. The van der Waals surface area contributed by atoms with Gasteiger partial charge >= 0.3 is 0 Å². The van der Waals surface area contributed by atoms with Crippen LogP contribution in [0.25, 0.3) is 64.9 Å². The van der Waals surface area contributed by atoms with Crippen molar-refractivity contribution in [3.05, 3.63) is 244 Å². The smallest absolute Gasteiger partial charge is 0.0704 e. The van der Waals surface area contributed by atoms with Crippen LogP contribution in [0.2, 0.25) is 0 Å². The highest BCUT2D eigenvalue weighted by Gasteiger charge is 2.03.